The Morgan fingerprint density at radius 1 is 1.22 bits per heavy atom. The van der Waals surface area contributed by atoms with Crippen molar-refractivity contribution < 1.29 is 19.1 Å². The predicted octanol–water partition coefficient (Wildman–Crippen LogP) is 2.50. The number of rotatable bonds is 7. The van der Waals surface area contributed by atoms with Crippen LogP contribution in [0.15, 0.2) is 16.6 Å². The topological polar surface area (TPSA) is 32.1 Å². The second-order valence-electron chi connectivity index (χ2n) is 6.18. The molecule has 6 heteroatoms. The molecule has 2 atom stereocenters. The highest BCUT2D eigenvalue weighted by atomic mass is 79.9. The van der Waals surface area contributed by atoms with Crippen LogP contribution >= 0.6 is 27.5 Å². The first-order valence-corrected chi connectivity index (χ1v) is 9.28. The zero-order valence-electron chi connectivity index (χ0n) is 14.0. The summed E-state index contributed by atoms with van der Waals surface area (Å²) >= 11 is 9.67. The molecule has 1 saturated heterocycles. The number of benzene rings is 1. The molecule has 0 spiro atoms. The summed E-state index contributed by atoms with van der Waals surface area (Å²) in [6, 6.07) is 3.89. The lowest BCUT2D eigenvalue weighted by Gasteiger charge is -2.32. The van der Waals surface area contributed by atoms with E-state index in [-0.39, 0.29) is 0 Å². The van der Waals surface area contributed by atoms with Crippen LogP contribution in [0.3, 0.4) is 0 Å². The van der Waals surface area contributed by atoms with Gasteiger partial charge in [0.25, 0.3) is 0 Å². The molecule has 1 aliphatic rings. The van der Waals surface area contributed by atoms with E-state index < -0.39 is 0 Å². The Labute approximate surface area is 152 Å². The molecule has 1 N–H and O–H groups in total. The normalized spacial score (nSPS) is 24.7. The number of halogens is 2. The quantitative estimate of drug-likeness (QED) is 0.705. The van der Waals surface area contributed by atoms with Crippen molar-refractivity contribution in [3.8, 4) is 5.75 Å². The van der Waals surface area contributed by atoms with E-state index in [1.807, 2.05) is 19.1 Å². The summed E-state index contributed by atoms with van der Waals surface area (Å²) in [4.78, 5) is 1.54. The molecule has 2 rings (SSSR count). The number of nitrogens with one attached hydrogen (secondary N) is 1. The molecular weight excluding hydrogens is 382 g/mol. The molecule has 1 aliphatic heterocycles. The Morgan fingerprint density at radius 2 is 1.91 bits per heavy atom. The smallest absolute Gasteiger partial charge is 0.152 e. The average Bonchev–Trinajstić information content (AvgIpc) is 2.43. The number of morpholine rings is 1. The predicted molar refractivity (Wildman–Crippen MR) is 95.8 cm³/mol. The third-order valence-corrected chi connectivity index (χ3v) is 4.70. The number of hydrogen-bond acceptors (Lipinski definition) is 3. The largest absolute Gasteiger partial charge is 0.488 e. The van der Waals surface area contributed by atoms with Crippen LogP contribution in [0.25, 0.3) is 0 Å². The number of hydrogen-bond donors (Lipinski definition) is 1. The average molecular weight is 408 g/mol. The minimum absolute atomic E-state index is 0.332. The van der Waals surface area contributed by atoms with Gasteiger partial charge in [-0.2, -0.15) is 0 Å². The van der Waals surface area contributed by atoms with Crippen LogP contribution < -0.4 is 9.64 Å². The molecule has 0 unspecified atom stereocenters. The van der Waals surface area contributed by atoms with Gasteiger partial charge in [0, 0.05) is 0 Å². The molecule has 0 radical (unpaired) electrons. The van der Waals surface area contributed by atoms with Crippen molar-refractivity contribution in [2.45, 2.75) is 33.0 Å². The molecule has 0 aromatic heterocycles. The Balaban J connectivity index is 1.63. The Morgan fingerprint density at radius 3 is 2.57 bits per heavy atom. The molecule has 0 amide bonds. The first kappa shape index (κ1) is 19.0. The van der Waals surface area contributed by atoms with Crippen LogP contribution in [0.5, 0.6) is 5.75 Å². The van der Waals surface area contributed by atoms with Gasteiger partial charge in [0.15, 0.2) is 5.75 Å². The van der Waals surface area contributed by atoms with Gasteiger partial charge >= 0.3 is 0 Å². The van der Waals surface area contributed by atoms with Gasteiger partial charge in [0.1, 0.15) is 38.4 Å². The summed E-state index contributed by atoms with van der Waals surface area (Å²) in [5.41, 5.74) is 1.10. The maximum absolute atomic E-state index is 6.19. The lowest BCUT2D eigenvalue weighted by atomic mass is 10.2. The fourth-order valence-electron chi connectivity index (χ4n) is 2.94. The highest BCUT2D eigenvalue weighted by Gasteiger charge is 2.24. The van der Waals surface area contributed by atoms with E-state index in [0.717, 1.165) is 36.3 Å². The van der Waals surface area contributed by atoms with Crippen molar-refractivity contribution >= 4 is 27.5 Å². The standard InChI is InChI=1S/C17H25BrClNO3/c1-12-8-15(18)17(16(19)9-12)22-7-6-21-5-4-20-10-13(2)23-14(3)11-20/h8-9,13-14H,4-7,10-11H2,1-3H3/p+1/t13-,14-/m1/s1. The van der Waals surface area contributed by atoms with Crippen molar-refractivity contribution in [1.29, 1.82) is 0 Å². The third kappa shape index (κ3) is 6.24. The zero-order chi connectivity index (χ0) is 16.8. The zero-order valence-corrected chi connectivity index (χ0v) is 16.4. The number of ether oxygens (including phenoxy) is 3. The number of aryl methyl sites for hydroxylation is 1. The lowest BCUT2D eigenvalue weighted by Crippen LogP contribution is -3.15. The van der Waals surface area contributed by atoms with Crippen LogP contribution in [0.4, 0.5) is 0 Å². The van der Waals surface area contributed by atoms with Crippen molar-refractivity contribution in [2.24, 2.45) is 0 Å². The molecule has 1 aromatic rings. The van der Waals surface area contributed by atoms with Crippen molar-refractivity contribution in [2.75, 3.05) is 39.5 Å². The molecular formula is C17H26BrClNO3+. The first-order chi connectivity index (χ1) is 11.0. The third-order valence-electron chi connectivity index (χ3n) is 3.83. The van der Waals surface area contributed by atoms with E-state index in [9.17, 15) is 0 Å². The van der Waals surface area contributed by atoms with Gasteiger partial charge in [0.05, 0.1) is 22.7 Å². The fourth-order valence-corrected chi connectivity index (χ4v) is 4.07. The van der Waals surface area contributed by atoms with Gasteiger partial charge in [0.2, 0.25) is 0 Å². The molecule has 130 valence electrons. The van der Waals surface area contributed by atoms with Crippen LogP contribution in [-0.2, 0) is 9.47 Å². The summed E-state index contributed by atoms with van der Waals surface area (Å²) in [5, 5.41) is 0.623. The van der Waals surface area contributed by atoms with E-state index in [1.165, 1.54) is 0 Å². The van der Waals surface area contributed by atoms with Crippen LogP contribution in [0, 0.1) is 6.92 Å². The summed E-state index contributed by atoms with van der Waals surface area (Å²) in [5.74, 6) is 0.683. The summed E-state index contributed by atoms with van der Waals surface area (Å²) < 4.78 is 18.0. The maximum atomic E-state index is 6.19. The second kappa shape index (κ2) is 9.23. The molecule has 23 heavy (non-hydrogen) atoms. The van der Waals surface area contributed by atoms with Crippen molar-refractivity contribution in [3.05, 3.63) is 27.2 Å². The van der Waals surface area contributed by atoms with E-state index in [4.69, 9.17) is 25.8 Å². The molecule has 0 aliphatic carbocycles. The SMILES string of the molecule is Cc1cc(Cl)c(OCCOCC[NH+]2C[C@@H](C)O[C@H](C)C2)c(Br)c1. The molecule has 1 aromatic carbocycles. The maximum Gasteiger partial charge on any atom is 0.152 e. The first-order valence-electron chi connectivity index (χ1n) is 8.11. The van der Waals surface area contributed by atoms with Gasteiger partial charge in [-0.3, -0.25) is 0 Å². The van der Waals surface area contributed by atoms with Crippen molar-refractivity contribution in [1.82, 2.24) is 0 Å². The van der Waals surface area contributed by atoms with Gasteiger partial charge in [-0.25, -0.2) is 0 Å². The molecule has 0 saturated carbocycles. The van der Waals surface area contributed by atoms with Crippen LogP contribution in [0.1, 0.15) is 19.4 Å². The molecule has 4 nitrogen and oxygen atoms in total. The van der Waals surface area contributed by atoms with Gasteiger partial charge < -0.3 is 19.1 Å². The second-order valence-corrected chi connectivity index (χ2v) is 7.45. The summed E-state index contributed by atoms with van der Waals surface area (Å²) in [6.07, 6.45) is 0.663. The van der Waals surface area contributed by atoms with Gasteiger partial charge in [-0.15, -0.1) is 0 Å². The molecule has 1 fully saturated rings. The van der Waals surface area contributed by atoms with E-state index in [2.05, 4.69) is 29.8 Å². The summed E-state index contributed by atoms with van der Waals surface area (Å²) in [6.45, 7) is 11.2. The van der Waals surface area contributed by atoms with E-state index in [0.29, 0.717) is 36.2 Å². The molecule has 0 bridgehead atoms. The minimum Gasteiger partial charge on any atom is -0.488 e. The monoisotopic (exact) mass is 406 g/mol. The van der Waals surface area contributed by atoms with Gasteiger partial charge in [-0.1, -0.05) is 11.6 Å². The Hall–Kier alpha value is -0.330. The minimum atomic E-state index is 0.332. The highest BCUT2D eigenvalue weighted by Crippen LogP contribution is 2.34. The van der Waals surface area contributed by atoms with Crippen molar-refractivity contribution in [3.63, 3.8) is 0 Å². The molecule has 1 heterocycles. The fraction of sp³-hybridized carbons (Fsp3) is 0.647. The van der Waals surface area contributed by atoms with Gasteiger partial charge in [-0.05, 0) is 54.4 Å². The van der Waals surface area contributed by atoms with E-state index in [1.54, 1.807) is 4.90 Å². The summed E-state index contributed by atoms with van der Waals surface area (Å²) in [7, 11) is 0. The Kier molecular flexibility index (Phi) is 7.63. The van der Waals surface area contributed by atoms with Crippen LogP contribution in [-0.4, -0.2) is 51.7 Å². The number of quaternary nitrogens is 1. The highest BCUT2D eigenvalue weighted by molar-refractivity contribution is 9.10. The van der Waals surface area contributed by atoms with Crippen LogP contribution in [0.2, 0.25) is 5.02 Å². The lowest BCUT2D eigenvalue weighted by molar-refractivity contribution is -0.915. The Bertz CT molecular complexity index is 482. The van der Waals surface area contributed by atoms with E-state index >= 15 is 0 Å².